The number of carbonyl (C=O) groups excluding carboxylic acids is 3. The molecule has 2 heterocycles. The standard InChI is InChI=1S/C20H22N2O4S2/c1-3-4-5-8-11-21-14-10-7-6-9-13(14)15(17(21)23)16-18(24)22(20(27)28-16)12(2)19(25)26/h6-7,9-10,12H,3-5,8,11H2,1-2H3,(H,25,26)/p-1/b16-15-/t12-/m1/s1. The Morgan fingerprint density at radius 2 is 1.89 bits per heavy atom. The lowest BCUT2D eigenvalue weighted by Crippen LogP contribution is -2.48. The first kappa shape index (κ1) is 20.5. The number of hydrogen-bond acceptors (Lipinski definition) is 6. The number of fused-ring (bicyclic) bond motifs is 1. The van der Waals surface area contributed by atoms with E-state index < -0.39 is 17.9 Å². The van der Waals surface area contributed by atoms with Gasteiger partial charge in [-0.05, 0) is 19.4 Å². The molecule has 0 bridgehead atoms. The van der Waals surface area contributed by atoms with Crippen LogP contribution in [0.25, 0.3) is 5.57 Å². The zero-order chi connectivity index (χ0) is 20.4. The molecule has 2 aliphatic rings. The Balaban J connectivity index is 1.98. The summed E-state index contributed by atoms with van der Waals surface area (Å²) in [5.41, 5.74) is 1.76. The molecular formula is C20H21N2O4S2-. The zero-order valence-corrected chi connectivity index (χ0v) is 17.4. The number of hydrogen-bond donors (Lipinski definition) is 0. The SMILES string of the molecule is CCCCCCN1C(=O)/C(=C2\SC(=S)N([C@H](C)C(=O)[O-])C2=O)c2ccccc21. The van der Waals surface area contributed by atoms with E-state index in [1.165, 1.54) is 6.92 Å². The van der Waals surface area contributed by atoms with E-state index in [0.29, 0.717) is 17.7 Å². The van der Waals surface area contributed by atoms with Gasteiger partial charge in [0.1, 0.15) is 4.32 Å². The number of anilines is 1. The van der Waals surface area contributed by atoms with E-state index in [2.05, 4.69) is 6.92 Å². The van der Waals surface area contributed by atoms with Crippen LogP contribution in [0.2, 0.25) is 0 Å². The van der Waals surface area contributed by atoms with Crippen molar-refractivity contribution in [2.75, 3.05) is 11.4 Å². The van der Waals surface area contributed by atoms with E-state index in [4.69, 9.17) is 12.2 Å². The molecular weight excluding hydrogens is 396 g/mol. The molecule has 0 N–H and O–H groups in total. The fraction of sp³-hybridized carbons (Fsp3) is 0.400. The Morgan fingerprint density at radius 3 is 2.57 bits per heavy atom. The summed E-state index contributed by atoms with van der Waals surface area (Å²) in [7, 11) is 0. The number of nitrogens with zero attached hydrogens (tertiary/aromatic N) is 2. The van der Waals surface area contributed by atoms with Crippen LogP contribution >= 0.6 is 24.0 Å². The number of carbonyl (C=O) groups is 3. The number of aliphatic carboxylic acids is 1. The second-order valence-corrected chi connectivity index (χ2v) is 8.42. The van der Waals surface area contributed by atoms with Gasteiger partial charge in [-0.1, -0.05) is 68.4 Å². The minimum atomic E-state index is -1.39. The smallest absolute Gasteiger partial charge is 0.267 e. The molecule has 148 valence electrons. The van der Waals surface area contributed by atoms with Crippen LogP contribution in [0.5, 0.6) is 0 Å². The molecule has 8 heteroatoms. The number of unbranched alkanes of at least 4 members (excludes halogenated alkanes) is 3. The summed E-state index contributed by atoms with van der Waals surface area (Å²) in [6.45, 7) is 4.05. The van der Waals surface area contributed by atoms with Gasteiger partial charge < -0.3 is 14.8 Å². The first-order chi connectivity index (χ1) is 13.4. The minimum Gasteiger partial charge on any atom is -0.548 e. The Hall–Kier alpha value is -2.19. The van der Waals surface area contributed by atoms with Crippen LogP contribution in [0, 0.1) is 0 Å². The van der Waals surface area contributed by atoms with Gasteiger partial charge in [-0.3, -0.25) is 14.5 Å². The number of carboxylic acid groups (broad SMARTS) is 1. The van der Waals surface area contributed by atoms with E-state index in [1.807, 2.05) is 24.3 Å². The van der Waals surface area contributed by atoms with Crippen molar-refractivity contribution in [3.05, 3.63) is 34.7 Å². The highest BCUT2D eigenvalue weighted by molar-refractivity contribution is 8.26. The number of para-hydroxylation sites is 1. The van der Waals surface area contributed by atoms with Crippen LogP contribution in [0.1, 0.15) is 45.1 Å². The fourth-order valence-electron chi connectivity index (χ4n) is 3.39. The predicted octanol–water partition coefficient (Wildman–Crippen LogP) is 2.32. The predicted molar refractivity (Wildman–Crippen MR) is 111 cm³/mol. The van der Waals surface area contributed by atoms with E-state index in [9.17, 15) is 19.5 Å². The van der Waals surface area contributed by atoms with Crippen molar-refractivity contribution in [3.8, 4) is 0 Å². The second kappa shape index (κ2) is 8.45. The van der Waals surface area contributed by atoms with Gasteiger partial charge in [-0.15, -0.1) is 0 Å². The van der Waals surface area contributed by atoms with Gasteiger partial charge in [0.25, 0.3) is 11.8 Å². The highest BCUT2D eigenvalue weighted by atomic mass is 32.2. The molecule has 1 fully saturated rings. The lowest BCUT2D eigenvalue weighted by Gasteiger charge is -2.23. The summed E-state index contributed by atoms with van der Waals surface area (Å²) < 4.78 is 0.121. The third kappa shape index (κ3) is 3.58. The molecule has 0 aromatic heterocycles. The van der Waals surface area contributed by atoms with Gasteiger partial charge in [0.05, 0.1) is 28.2 Å². The maximum absolute atomic E-state index is 13.2. The van der Waals surface area contributed by atoms with Crippen LogP contribution < -0.4 is 10.0 Å². The van der Waals surface area contributed by atoms with E-state index in [-0.39, 0.29) is 15.1 Å². The molecule has 1 saturated heterocycles. The molecule has 2 aliphatic heterocycles. The number of carboxylic acids is 1. The average molecular weight is 418 g/mol. The molecule has 1 aromatic rings. The summed E-state index contributed by atoms with van der Waals surface area (Å²) in [6, 6.07) is 6.16. The van der Waals surface area contributed by atoms with Gasteiger partial charge in [0, 0.05) is 12.1 Å². The second-order valence-electron chi connectivity index (χ2n) is 6.78. The first-order valence-electron chi connectivity index (χ1n) is 9.30. The molecule has 6 nitrogen and oxygen atoms in total. The van der Waals surface area contributed by atoms with Crippen LogP contribution in [-0.4, -0.2) is 39.6 Å². The Bertz CT molecular complexity index is 881. The maximum atomic E-state index is 13.2. The molecule has 0 radical (unpaired) electrons. The fourth-order valence-corrected chi connectivity index (χ4v) is 4.88. The highest BCUT2D eigenvalue weighted by Gasteiger charge is 2.43. The number of thioether (sulfide) groups is 1. The highest BCUT2D eigenvalue weighted by Crippen LogP contribution is 2.45. The normalized spacial score (nSPS) is 20.1. The summed E-state index contributed by atoms with van der Waals surface area (Å²) in [4.78, 5) is 40.2. The number of amides is 2. The summed E-state index contributed by atoms with van der Waals surface area (Å²) >= 11 is 6.18. The average Bonchev–Trinajstić information content (AvgIpc) is 3.11. The van der Waals surface area contributed by atoms with Crippen molar-refractivity contribution in [1.29, 1.82) is 0 Å². The lowest BCUT2D eigenvalue weighted by molar-refractivity contribution is -0.309. The van der Waals surface area contributed by atoms with Crippen LogP contribution in [0.4, 0.5) is 5.69 Å². The Labute approximate surface area is 173 Å². The summed E-state index contributed by atoms with van der Waals surface area (Å²) in [5.74, 6) is -2.18. The summed E-state index contributed by atoms with van der Waals surface area (Å²) in [5, 5.41) is 11.2. The van der Waals surface area contributed by atoms with Crippen LogP contribution in [0.3, 0.4) is 0 Å². The van der Waals surface area contributed by atoms with Crippen molar-refractivity contribution in [2.24, 2.45) is 0 Å². The van der Waals surface area contributed by atoms with Crippen molar-refractivity contribution in [1.82, 2.24) is 4.90 Å². The molecule has 1 atom stereocenters. The zero-order valence-electron chi connectivity index (χ0n) is 15.8. The van der Waals surface area contributed by atoms with Gasteiger partial charge in [0.2, 0.25) is 0 Å². The Morgan fingerprint density at radius 1 is 1.18 bits per heavy atom. The van der Waals surface area contributed by atoms with Crippen molar-refractivity contribution in [3.63, 3.8) is 0 Å². The Kier molecular flexibility index (Phi) is 6.20. The minimum absolute atomic E-state index is 0.121. The molecule has 28 heavy (non-hydrogen) atoms. The van der Waals surface area contributed by atoms with E-state index in [0.717, 1.165) is 48.0 Å². The quantitative estimate of drug-likeness (QED) is 0.385. The van der Waals surface area contributed by atoms with Crippen LogP contribution in [0.15, 0.2) is 29.2 Å². The molecule has 2 amide bonds. The van der Waals surface area contributed by atoms with E-state index in [1.54, 1.807) is 4.90 Å². The lowest BCUT2D eigenvalue weighted by atomic mass is 10.1. The molecule has 0 spiro atoms. The third-order valence-corrected chi connectivity index (χ3v) is 6.31. The monoisotopic (exact) mass is 417 g/mol. The van der Waals surface area contributed by atoms with Gasteiger partial charge in [0.15, 0.2) is 0 Å². The van der Waals surface area contributed by atoms with Gasteiger partial charge >= 0.3 is 0 Å². The summed E-state index contributed by atoms with van der Waals surface area (Å²) in [6.07, 6.45) is 4.12. The van der Waals surface area contributed by atoms with Crippen molar-refractivity contribution < 1.29 is 19.5 Å². The number of rotatable bonds is 7. The third-order valence-electron chi connectivity index (χ3n) is 4.91. The van der Waals surface area contributed by atoms with Crippen molar-refractivity contribution in [2.45, 2.75) is 45.6 Å². The maximum Gasteiger partial charge on any atom is 0.267 e. The molecule has 0 aliphatic carbocycles. The molecule has 3 rings (SSSR count). The van der Waals surface area contributed by atoms with Gasteiger partial charge in [-0.2, -0.15) is 0 Å². The largest absolute Gasteiger partial charge is 0.548 e. The molecule has 0 unspecified atom stereocenters. The van der Waals surface area contributed by atoms with E-state index >= 15 is 0 Å². The van der Waals surface area contributed by atoms with Gasteiger partial charge in [-0.25, -0.2) is 0 Å². The molecule has 1 aromatic carbocycles. The number of benzene rings is 1. The number of thiocarbonyl (C=S) groups is 1. The molecule has 0 saturated carbocycles. The first-order valence-corrected chi connectivity index (χ1v) is 10.5. The van der Waals surface area contributed by atoms with Crippen molar-refractivity contribution >= 4 is 57.3 Å². The van der Waals surface area contributed by atoms with Crippen LogP contribution in [-0.2, 0) is 14.4 Å². The topological polar surface area (TPSA) is 80.8 Å².